The summed E-state index contributed by atoms with van der Waals surface area (Å²) in [6.45, 7) is 4.16. The molecule has 1 aliphatic carbocycles. The van der Waals surface area contributed by atoms with E-state index in [4.69, 9.17) is 23.2 Å². The van der Waals surface area contributed by atoms with Gasteiger partial charge in [0.15, 0.2) is 0 Å². The molecule has 0 saturated carbocycles. The third-order valence-corrected chi connectivity index (χ3v) is 19.0. The molecule has 19 aromatic rings. The van der Waals surface area contributed by atoms with Crippen LogP contribution in [-0.2, 0) is 144 Å². The quantitative estimate of drug-likeness (QED) is 0.132. The molecule has 21 nitrogen and oxygen atoms in total. The number of fused-ring (bicyclic) bond motifs is 19. The van der Waals surface area contributed by atoms with Crippen molar-refractivity contribution in [3.05, 3.63) is 439 Å². The summed E-state index contributed by atoms with van der Waals surface area (Å²) >= 11 is 26.6. The predicted molar refractivity (Wildman–Crippen MR) is 538 cm³/mol. The SMILES string of the molecule is Brc1cncc2ccccc12.Cc1ccc2c(c1)ncc1ccccc12.Cc1nc2ccccc2c2ccccc12.Clc1ccc2c(c1)ncc1ccccc12.Clc1ccc2c(cnc3ccccc32)c1.Fc1ccc2ncc3ccccc3c2c1.[Cl][Pt].[Cl][Pt].[Cl][Pt].[Cl][Pt].[Cl][Pt].[Cl][Pt].[Cl][Pt].[NH2-].[NH2-].[NH2-].[NH2-].[NH2-].[NH2-].[NH2-].[NH2-].[NH2-].[NH2-].[NH2-].[NH2-].[NH2-].[NH2-].c1ccc2c3c(ncc2c1)CCCC3. The maximum atomic E-state index is 13.1. The Labute approximate surface area is 873 Å². The first-order valence-electron chi connectivity index (χ1n) is 34.0. The molecule has 0 amide bonds. The second kappa shape index (κ2) is 76.4. The molecule has 0 spiro atoms. The fourth-order valence-electron chi connectivity index (χ4n) is 13.0. The molecule has 0 radical (unpaired) electrons. The number of aryl methyl sites for hydroxylation is 4. The summed E-state index contributed by atoms with van der Waals surface area (Å²) in [7, 11) is 32.3. The molecule has 0 saturated heterocycles. The number of hydrogen-bond acceptors (Lipinski definition) is 7. The fourth-order valence-corrected chi connectivity index (χ4v) is 13.8. The van der Waals surface area contributed by atoms with Crippen LogP contribution in [0.3, 0.4) is 0 Å². The van der Waals surface area contributed by atoms with Crippen molar-refractivity contribution in [2.75, 3.05) is 0 Å². The summed E-state index contributed by atoms with van der Waals surface area (Å²) in [5.41, 5.74) is 10.1. The zero-order valence-electron chi connectivity index (χ0n) is 67.9. The predicted octanol–water partition coefficient (Wildman–Crippen LogP) is 40.0. The largest absolute Gasteiger partial charge is 0.693 e. The summed E-state index contributed by atoms with van der Waals surface area (Å²) in [6, 6.07) is 88.8. The molecular weight excluding hydrogens is 3150 g/mol. The van der Waals surface area contributed by atoms with Gasteiger partial charge >= 0.3 is 197 Å². The molecule has 715 valence electrons. The zero-order chi connectivity index (χ0) is 82.3. The molecule has 12 aromatic carbocycles. The molecular formula is C89H93BrCl9FN21Pt7-14. The van der Waals surface area contributed by atoms with Crippen molar-refractivity contribution in [1.29, 1.82) is 0 Å². The van der Waals surface area contributed by atoms with Crippen LogP contribution in [0.2, 0.25) is 10.0 Å². The van der Waals surface area contributed by atoms with Gasteiger partial charge in [-0.05, 0) is 165 Å². The van der Waals surface area contributed by atoms with E-state index < -0.39 is 0 Å². The van der Waals surface area contributed by atoms with Gasteiger partial charge in [0, 0.05) is 134 Å². The van der Waals surface area contributed by atoms with Gasteiger partial charge in [-0.1, -0.05) is 229 Å². The van der Waals surface area contributed by atoms with Gasteiger partial charge in [-0.25, -0.2) is 4.39 Å². The molecule has 20 rings (SSSR count). The molecule has 0 atom stereocenters. The van der Waals surface area contributed by atoms with Gasteiger partial charge in [-0.3, -0.25) is 34.9 Å². The molecule has 28 N–H and O–H groups in total. The first kappa shape index (κ1) is 139. The average molecular weight is 3240 g/mol. The van der Waals surface area contributed by atoms with Gasteiger partial charge < -0.3 is 86.1 Å². The Morgan fingerprint density at radius 3 is 1.09 bits per heavy atom. The van der Waals surface area contributed by atoms with E-state index in [-0.39, 0.29) is 91.9 Å². The zero-order valence-corrected chi connectivity index (χ0v) is 92.2. The standard InChI is InChI=1S/2C14H11N.2C13H8ClN.C13H8FN.C13H13N.C9H6BrN.7ClH.14H2N.7Pt/c1-10-11-6-2-3-7-12(11)13-8-4-5-9-14(13)15-10;1-10-6-7-13-12-5-3-2-4-11(12)9-15-14(13)8-10;14-10-5-6-11-9(7-10)8-15-13-4-2-1-3-12(11)13;14-10-5-6-12-11-4-2-1-3-9(11)8-15-13(12)7-10;14-10-5-6-13-12(7-10)11-4-2-1-3-9(11)8-15-13;1-2-6-11-10(5-1)9-14-13-8-4-3-7-12(11)13;10-9-6-11-5-7-3-1-2-4-8(7)9;;;;;;;;;;;;;;;;;;;;;;;;;;;;/h2*2-9H,1H3;3*1-8H;1-2,5-6,9H,3-4,7-8H2;1-6H;7*1H;14*1H2;;;;;;;/q;;;;;;;;;;;;;;14*-1;7*+1/p-7. The van der Waals surface area contributed by atoms with Gasteiger partial charge in [0.25, 0.3) is 0 Å². The van der Waals surface area contributed by atoms with Gasteiger partial charge in [0.2, 0.25) is 0 Å². The van der Waals surface area contributed by atoms with Gasteiger partial charge in [0.05, 0.1) is 27.6 Å². The summed E-state index contributed by atoms with van der Waals surface area (Å²) < 4.78 is 14.2. The number of para-hydroxylation sites is 2. The fraction of sp³-hybridized carbons (Fsp3) is 0.0674. The Kier molecular flexibility index (Phi) is 82.7. The van der Waals surface area contributed by atoms with Gasteiger partial charge in [-0.2, -0.15) is 0 Å². The summed E-state index contributed by atoms with van der Waals surface area (Å²) in [5, 5.41) is 24.0. The molecule has 7 aromatic heterocycles. The molecule has 1 aliphatic rings. The molecule has 0 aliphatic heterocycles. The minimum Gasteiger partial charge on any atom is -0.693 e. The van der Waals surface area contributed by atoms with E-state index in [0.717, 1.165) is 80.1 Å². The third-order valence-electron chi connectivity index (χ3n) is 17.9. The van der Waals surface area contributed by atoms with Crippen molar-refractivity contribution < 1.29 is 136 Å². The number of aromatic nitrogens is 7. The van der Waals surface area contributed by atoms with E-state index in [1.54, 1.807) is 137 Å². The molecule has 0 fully saturated rings. The minimum absolute atomic E-state index is 0. The Morgan fingerprint density at radius 2 is 0.594 bits per heavy atom. The third kappa shape index (κ3) is 38.5. The first-order valence-corrected chi connectivity index (χ1v) is 55.3. The summed E-state index contributed by atoms with van der Waals surface area (Å²) in [4.78, 5) is 30.7. The Morgan fingerprint density at radius 1 is 0.266 bits per heavy atom. The van der Waals surface area contributed by atoms with E-state index in [2.05, 4.69) is 258 Å². The Balaban J connectivity index is -0.000000210. The van der Waals surface area contributed by atoms with Crippen LogP contribution >= 0.6 is 105 Å². The van der Waals surface area contributed by atoms with Crippen LogP contribution in [0.5, 0.6) is 0 Å². The number of rotatable bonds is 0. The number of pyridine rings is 7. The van der Waals surface area contributed by atoms with Crippen molar-refractivity contribution in [3.8, 4) is 0 Å². The maximum absolute atomic E-state index is 13.1. The van der Waals surface area contributed by atoms with Crippen molar-refractivity contribution in [2.24, 2.45) is 0 Å². The summed E-state index contributed by atoms with van der Waals surface area (Å²) in [5.74, 6) is -0.222. The second-order valence-corrected chi connectivity index (χ2v) is 26.2. The average Bonchev–Trinajstić information content (AvgIpc) is 0.807. The van der Waals surface area contributed by atoms with Crippen molar-refractivity contribution in [2.45, 2.75) is 39.5 Å². The number of nitrogens with two attached hydrogens (primary N) is 14. The minimum atomic E-state index is -0.222. The maximum Gasteiger partial charge on any atom is 0.0441 e. The van der Waals surface area contributed by atoms with Crippen LogP contribution in [0, 0.1) is 19.7 Å². The molecule has 39 heteroatoms. The number of halogens is 11. The van der Waals surface area contributed by atoms with Crippen molar-refractivity contribution in [3.63, 3.8) is 0 Å². The normalized spacial score (nSPS) is 9.40. The molecule has 0 bridgehead atoms. The Hall–Kier alpha value is -4.91. The topological polar surface area (TPSA) is 559 Å². The number of hydrogen-bond donors (Lipinski definition) is 0. The van der Waals surface area contributed by atoms with Crippen LogP contribution in [0.1, 0.15) is 35.4 Å². The second-order valence-electron chi connectivity index (χ2n) is 24.5. The van der Waals surface area contributed by atoms with E-state index in [1.807, 2.05) is 165 Å². The van der Waals surface area contributed by atoms with Crippen molar-refractivity contribution >= 4 is 235 Å². The van der Waals surface area contributed by atoms with Gasteiger partial charge in [-0.15, -0.1) is 0 Å². The van der Waals surface area contributed by atoms with Gasteiger partial charge in [0.1, 0.15) is 5.82 Å². The van der Waals surface area contributed by atoms with Crippen LogP contribution in [-0.4, -0.2) is 34.9 Å². The van der Waals surface area contributed by atoms with Crippen molar-refractivity contribution in [1.82, 2.24) is 34.9 Å². The Bertz CT molecular complexity index is 6010. The first-order chi connectivity index (χ1) is 56.1. The van der Waals surface area contributed by atoms with E-state index in [0.29, 0.717) is 0 Å². The van der Waals surface area contributed by atoms with E-state index in [1.165, 1.54) is 125 Å². The smallest absolute Gasteiger partial charge is 0.0441 e. The van der Waals surface area contributed by atoms with Crippen LogP contribution in [0.4, 0.5) is 4.39 Å². The summed E-state index contributed by atoms with van der Waals surface area (Å²) in [6.07, 6.45) is 18.2. The number of nitrogens with zero attached hydrogens (tertiary/aromatic N) is 7. The molecule has 128 heavy (non-hydrogen) atoms. The van der Waals surface area contributed by atoms with E-state index in [9.17, 15) is 4.39 Å². The van der Waals surface area contributed by atoms with E-state index >= 15 is 0 Å². The molecule has 7 heterocycles. The van der Waals surface area contributed by atoms with Crippen LogP contribution < -0.4 is 0 Å². The van der Waals surface area contributed by atoms with Crippen LogP contribution in [0.25, 0.3) is 216 Å². The monoisotopic (exact) mass is 3230 g/mol. The van der Waals surface area contributed by atoms with Crippen LogP contribution in [0.15, 0.2) is 315 Å². The molecule has 0 unspecified atom stereocenters. The number of benzene rings is 12.